The minimum atomic E-state index is -1.12. The number of aliphatic hydroxyl groups excluding tert-OH is 1. The second kappa shape index (κ2) is 10.0. The monoisotopic (exact) mass is 406 g/mol. The lowest BCUT2D eigenvalue weighted by molar-refractivity contribution is -0.153. The zero-order valence-corrected chi connectivity index (χ0v) is 16.7. The molecule has 5 nitrogen and oxygen atoms in total. The lowest BCUT2D eigenvalue weighted by Crippen LogP contribution is -2.33. The quantitative estimate of drug-likeness (QED) is 0.583. The summed E-state index contributed by atoms with van der Waals surface area (Å²) in [5.74, 6) is -4.33. The van der Waals surface area contributed by atoms with Crippen LogP contribution in [0.5, 0.6) is 0 Å². The van der Waals surface area contributed by atoms with E-state index in [9.17, 15) is 19.8 Å². The summed E-state index contributed by atoms with van der Waals surface area (Å²) in [6.07, 6.45) is 8.71. The van der Waals surface area contributed by atoms with Gasteiger partial charge >= 0.3 is 11.9 Å². The third kappa shape index (κ3) is 5.45. The van der Waals surface area contributed by atoms with E-state index in [1.54, 1.807) is 24.3 Å². The third-order valence-electron chi connectivity index (χ3n) is 5.52. The van der Waals surface area contributed by atoms with Crippen LogP contribution in [0.3, 0.4) is 0 Å². The number of hydrogen-bond donors (Lipinski definition) is 3. The summed E-state index contributed by atoms with van der Waals surface area (Å²) in [7, 11) is 0. The highest BCUT2D eigenvalue weighted by molar-refractivity contribution is 5.80. The van der Waals surface area contributed by atoms with E-state index >= 15 is 0 Å². The van der Waals surface area contributed by atoms with Gasteiger partial charge in [0, 0.05) is 0 Å². The predicted octanol–water partition coefficient (Wildman–Crippen LogP) is 4.10. The largest absolute Gasteiger partial charge is 0.481 e. The molecule has 1 aliphatic rings. The molecule has 30 heavy (non-hydrogen) atoms. The lowest BCUT2D eigenvalue weighted by atomic mass is 9.82. The second-order valence-corrected chi connectivity index (χ2v) is 7.61. The van der Waals surface area contributed by atoms with Crippen LogP contribution in [0.4, 0.5) is 0 Å². The third-order valence-corrected chi connectivity index (χ3v) is 5.52. The Morgan fingerprint density at radius 1 is 0.767 bits per heavy atom. The number of carboxylic acids is 2. The first-order chi connectivity index (χ1) is 14.5. The van der Waals surface area contributed by atoms with Gasteiger partial charge in [-0.25, -0.2) is 0 Å². The molecular weight excluding hydrogens is 380 g/mol. The SMILES string of the molecule is O=C(O)[C@@H](Cc1ccc(CO)cc1)[C@H](Cc1ccc(C2=CCCC=C2)cc1)C(=O)O. The van der Waals surface area contributed by atoms with Gasteiger partial charge in [-0.3, -0.25) is 9.59 Å². The molecule has 0 aliphatic heterocycles. The van der Waals surface area contributed by atoms with Crippen LogP contribution in [0.25, 0.3) is 5.57 Å². The number of aliphatic hydroxyl groups is 1. The minimum Gasteiger partial charge on any atom is -0.481 e. The fourth-order valence-corrected chi connectivity index (χ4v) is 3.75. The fourth-order valence-electron chi connectivity index (χ4n) is 3.75. The maximum absolute atomic E-state index is 11.9. The van der Waals surface area contributed by atoms with Crippen molar-refractivity contribution in [2.75, 3.05) is 0 Å². The minimum absolute atomic E-state index is 0.0942. The molecule has 156 valence electrons. The summed E-state index contributed by atoms with van der Waals surface area (Å²) in [6.45, 7) is -0.0942. The zero-order chi connectivity index (χ0) is 21.5. The summed E-state index contributed by atoms with van der Waals surface area (Å²) < 4.78 is 0. The Morgan fingerprint density at radius 3 is 1.70 bits per heavy atom. The van der Waals surface area contributed by atoms with Gasteiger partial charge < -0.3 is 15.3 Å². The van der Waals surface area contributed by atoms with E-state index in [1.807, 2.05) is 24.3 Å². The lowest BCUT2D eigenvalue weighted by Gasteiger charge is -2.21. The van der Waals surface area contributed by atoms with E-state index in [-0.39, 0.29) is 19.4 Å². The Bertz CT molecular complexity index is 939. The number of benzene rings is 2. The standard InChI is InChI=1S/C25H26O5/c26-16-19-8-6-17(7-9-19)14-22(24(27)28)23(25(29)30)15-18-10-12-21(13-11-18)20-4-2-1-3-5-20/h2,4-13,22-23,26H,1,3,14-16H2,(H,27,28)(H,29,30)/t22-,23-/m0/s1. The van der Waals surface area contributed by atoms with Gasteiger partial charge in [0.2, 0.25) is 0 Å². The molecule has 5 heteroatoms. The van der Waals surface area contributed by atoms with Crippen molar-refractivity contribution in [3.8, 4) is 0 Å². The number of aliphatic carboxylic acids is 2. The molecule has 0 radical (unpaired) electrons. The van der Waals surface area contributed by atoms with Crippen LogP contribution in [0.1, 0.15) is 35.1 Å². The predicted molar refractivity (Wildman–Crippen MR) is 115 cm³/mol. The van der Waals surface area contributed by atoms with Gasteiger partial charge in [-0.15, -0.1) is 0 Å². The summed E-state index contributed by atoms with van der Waals surface area (Å²) in [5.41, 5.74) is 4.48. The van der Waals surface area contributed by atoms with Crippen LogP contribution in [-0.4, -0.2) is 27.3 Å². The number of rotatable bonds is 9. The molecular formula is C25H26O5. The maximum atomic E-state index is 11.9. The Balaban J connectivity index is 1.76. The topological polar surface area (TPSA) is 94.8 Å². The number of carbonyl (C=O) groups is 2. The van der Waals surface area contributed by atoms with Crippen molar-refractivity contribution in [3.05, 3.63) is 89.0 Å². The molecule has 0 fully saturated rings. The van der Waals surface area contributed by atoms with Crippen molar-refractivity contribution in [2.45, 2.75) is 32.3 Å². The van der Waals surface area contributed by atoms with Crippen LogP contribution < -0.4 is 0 Å². The van der Waals surface area contributed by atoms with E-state index < -0.39 is 23.8 Å². The molecule has 2 aromatic carbocycles. The molecule has 3 N–H and O–H groups in total. The molecule has 0 aromatic heterocycles. The van der Waals surface area contributed by atoms with Gasteiger partial charge in [0.05, 0.1) is 18.4 Å². The first-order valence-electron chi connectivity index (χ1n) is 10.1. The van der Waals surface area contributed by atoms with Crippen LogP contribution in [0, 0.1) is 11.8 Å². The highest BCUT2D eigenvalue weighted by Gasteiger charge is 2.34. The molecule has 2 aromatic rings. The van der Waals surface area contributed by atoms with Crippen LogP contribution in [-0.2, 0) is 29.0 Å². The van der Waals surface area contributed by atoms with Gasteiger partial charge in [-0.2, -0.15) is 0 Å². The molecule has 0 saturated heterocycles. The summed E-state index contributed by atoms with van der Waals surface area (Å²) >= 11 is 0. The average Bonchev–Trinajstić information content (AvgIpc) is 2.77. The Morgan fingerprint density at radius 2 is 1.27 bits per heavy atom. The maximum Gasteiger partial charge on any atom is 0.307 e. The average molecular weight is 406 g/mol. The molecule has 0 bridgehead atoms. The van der Waals surface area contributed by atoms with E-state index in [0.717, 1.165) is 40.7 Å². The molecule has 3 rings (SSSR count). The van der Waals surface area contributed by atoms with Crippen molar-refractivity contribution in [1.82, 2.24) is 0 Å². The van der Waals surface area contributed by atoms with Crippen LogP contribution >= 0.6 is 0 Å². The summed E-state index contributed by atoms with van der Waals surface area (Å²) in [6, 6.07) is 14.6. The Kier molecular flexibility index (Phi) is 7.20. The van der Waals surface area contributed by atoms with Gasteiger partial charge in [-0.1, -0.05) is 66.8 Å². The summed E-state index contributed by atoms with van der Waals surface area (Å²) in [4.78, 5) is 23.8. The van der Waals surface area contributed by atoms with Crippen molar-refractivity contribution >= 4 is 17.5 Å². The molecule has 0 heterocycles. The van der Waals surface area contributed by atoms with Gasteiger partial charge in [0.25, 0.3) is 0 Å². The van der Waals surface area contributed by atoms with Crippen LogP contribution in [0.15, 0.2) is 66.8 Å². The van der Waals surface area contributed by atoms with Crippen molar-refractivity contribution in [1.29, 1.82) is 0 Å². The van der Waals surface area contributed by atoms with E-state index in [1.165, 1.54) is 0 Å². The molecule has 0 amide bonds. The number of hydrogen-bond acceptors (Lipinski definition) is 3. The number of allylic oxidation sites excluding steroid dienone is 4. The zero-order valence-electron chi connectivity index (χ0n) is 16.7. The second-order valence-electron chi connectivity index (χ2n) is 7.61. The highest BCUT2D eigenvalue weighted by Crippen LogP contribution is 2.26. The van der Waals surface area contributed by atoms with E-state index in [0.29, 0.717) is 0 Å². The molecule has 1 aliphatic carbocycles. The first kappa shape index (κ1) is 21.5. The fraction of sp³-hybridized carbons (Fsp3) is 0.280. The van der Waals surface area contributed by atoms with E-state index in [4.69, 9.17) is 5.11 Å². The normalized spacial score (nSPS) is 15.3. The first-order valence-corrected chi connectivity index (χ1v) is 10.1. The summed E-state index contributed by atoms with van der Waals surface area (Å²) in [5, 5.41) is 28.6. The van der Waals surface area contributed by atoms with Crippen molar-refractivity contribution in [2.24, 2.45) is 11.8 Å². The molecule has 0 spiro atoms. The van der Waals surface area contributed by atoms with Gasteiger partial charge in [0.15, 0.2) is 0 Å². The van der Waals surface area contributed by atoms with Crippen LogP contribution in [0.2, 0.25) is 0 Å². The highest BCUT2D eigenvalue weighted by atomic mass is 16.4. The molecule has 0 unspecified atom stereocenters. The Labute approximate surface area is 176 Å². The van der Waals surface area contributed by atoms with Crippen molar-refractivity contribution in [3.63, 3.8) is 0 Å². The number of carboxylic acid groups (broad SMARTS) is 2. The Hall–Kier alpha value is -3.18. The van der Waals surface area contributed by atoms with Gasteiger partial charge in [-0.05, 0) is 53.5 Å². The van der Waals surface area contributed by atoms with E-state index in [2.05, 4.69) is 18.2 Å². The smallest absolute Gasteiger partial charge is 0.307 e. The van der Waals surface area contributed by atoms with Crippen molar-refractivity contribution < 1.29 is 24.9 Å². The molecule has 2 atom stereocenters. The van der Waals surface area contributed by atoms with Gasteiger partial charge in [0.1, 0.15) is 0 Å². The molecule has 0 saturated carbocycles.